The molecule has 0 fully saturated rings. The third-order valence-corrected chi connectivity index (χ3v) is 12.3. The van der Waals surface area contributed by atoms with E-state index in [1.165, 1.54) is 37.5 Å². The average molecular weight is 1090 g/mol. The van der Waals surface area contributed by atoms with Crippen LogP contribution in [0.2, 0.25) is 0 Å². The number of para-hydroxylation sites is 1. The van der Waals surface area contributed by atoms with Crippen molar-refractivity contribution in [3.05, 3.63) is 102 Å². The molecule has 77 heavy (non-hydrogen) atoms. The number of primary amides is 1. The Bertz CT molecular complexity index is 2900. The fraction of sp³-hybridized carbons (Fsp3) is 0.400. The lowest BCUT2D eigenvalue weighted by atomic mass is 9.99. The van der Waals surface area contributed by atoms with Crippen molar-refractivity contribution in [2.24, 2.45) is 17.4 Å². The topological polar surface area (TPSA) is 417 Å². The number of likely N-dealkylation sites (N-methyl/N-ethyl adjacent to an activating group) is 1. The fourth-order valence-electron chi connectivity index (χ4n) is 8.09. The zero-order chi connectivity index (χ0) is 57.3. The highest BCUT2D eigenvalue weighted by molar-refractivity contribution is 7.81. The first-order valence-corrected chi connectivity index (χ1v) is 25.3. The van der Waals surface area contributed by atoms with E-state index >= 15 is 0 Å². The molecule has 26 nitrogen and oxygen atoms in total. The molecule has 0 bridgehead atoms. The highest BCUT2D eigenvalue weighted by Gasteiger charge is 2.40. The largest absolute Gasteiger partial charge is 0.481 e. The van der Waals surface area contributed by atoms with Crippen LogP contribution in [0.3, 0.4) is 0 Å². The molecule has 4 rings (SSSR count). The molecule has 4 aromatic rings. The number of imide groups is 1. The predicted molar refractivity (Wildman–Crippen MR) is 273 cm³/mol. The SMILES string of the molecule is CC(C)C[C@H](NC(=O)[C@H](Cc1c[nH]c2ccccc12)N(C(=O)CCC(=O)O)C(=O)CNC(=O)[C@@H](NC(=O)[C@@H](N)Cc1ccc(OS(=O)(=O)O)cc1)[C@@H](C)O)C(=O)N[C@@H](CC(=O)O)C(=O)N(C)[C@@H](Cc1ccccc1)C(N)=O. The monoisotopic (exact) mass is 1090 g/mol. The van der Waals surface area contributed by atoms with Crippen LogP contribution in [0.15, 0.2) is 85.1 Å². The number of carbonyl (C=O) groups excluding carboxylic acids is 8. The normalized spacial score (nSPS) is 14.1. The molecule has 3 aromatic carbocycles. The quantitative estimate of drug-likeness (QED) is 0.0293. The maximum atomic E-state index is 14.9. The number of carboxylic acid groups (broad SMARTS) is 2. The second-order valence-corrected chi connectivity index (χ2v) is 19.5. The second-order valence-electron chi connectivity index (χ2n) is 18.4. The summed E-state index contributed by atoms with van der Waals surface area (Å²) >= 11 is 0. The molecule has 13 N–H and O–H groups in total. The minimum Gasteiger partial charge on any atom is -0.481 e. The van der Waals surface area contributed by atoms with Crippen molar-refractivity contribution in [3.8, 4) is 5.75 Å². The van der Waals surface area contributed by atoms with Gasteiger partial charge in [0, 0.05) is 43.4 Å². The van der Waals surface area contributed by atoms with Crippen LogP contribution in [0.25, 0.3) is 10.9 Å². The number of fused-ring (bicyclic) bond motifs is 1. The lowest BCUT2D eigenvalue weighted by Crippen LogP contribution is -2.61. The van der Waals surface area contributed by atoms with E-state index in [1.807, 2.05) is 0 Å². The number of aromatic amines is 1. The summed E-state index contributed by atoms with van der Waals surface area (Å²) in [6, 6.07) is 10.4. The first kappa shape index (κ1) is 61.3. The summed E-state index contributed by atoms with van der Waals surface area (Å²) in [7, 11) is -3.61. The highest BCUT2D eigenvalue weighted by Crippen LogP contribution is 2.23. The maximum absolute atomic E-state index is 14.9. The third-order valence-electron chi connectivity index (χ3n) is 11.9. The first-order valence-electron chi connectivity index (χ1n) is 24.0. The molecular weight excluding hydrogens is 1030 g/mol. The summed E-state index contributed by atoms with van der Waals surface area (Å²) in [6.07, 6.45) is -3.73. The predicted octanol–water partition coefficient (Wildman–Crippen LogP) is -0.922. The molecule has 0 aliphatic heterocycles. The van der Waals surface area contributed by atoms with Gasteiger partial charge in [-0.2, -0.15) is 8.42 Å². The van der Waals surface area contributed by atoms with Crippen molar-refractivity contribution < 1.29 is 80.4 Å². The van der Waals surface area contributed by atoms with Gasteiger partial charge in [0.25, 0.3) is 0 Å². The summed E-state index contributed by atoms with van der Waals surface area (Å²) < 4.78 is 35.3. The van der Waals surface area contributed by atoms with Crippen molar-refractivity contribution in [2.75, 3.05) is 13.6 Å². The molecule has 416 valence electrons. The lowest BCUT2D eigenvalue weighted by Gasteiger charge is -2.32. The molecule has 0 radical (unpaired) electrons. The Kier molecular flexibility index (Phi) is 22.3. The van der Waals surface area contributed by atoms with Crippen molar-refractivity contribution in [2.45, 2.75) is 108 Å². The minimum atomic E-state index is -4.82. The van der Waals surface area contributed by atoms with E-state index in [0.717, 1.165) is 11.8 Å². The fourth-order valence-corrected chi connectivity index (χ4v) is 8.44. The van der Waals surface area contributed by atoms with Gasteiger partial charge in [-0.1, -0.05) is 74.5 Å². The van der Waals surface area contributed by atoms with Gasteiger partial charge in [-0.25, -0.2) is 0 Å². The number of carboxylic acids is 2. The Hall–Kier alpha value is -8.27. The van der Waals surface area contributed by atoms with E-state index in [-0.39, 0.29) is 25.0 Å². The lowest BCUT2D eigenvalue weighted by molar-refractivity contribution is -0.153. The molecule has 7 atom stereocenters. The van der Waals surface area contributed by atoms with Crippen LogP contribution in [-0.2, 0) is 77.6 Å². The van der Waals surface area contributed by atoms with Gasteiger partial charge in [0.2, 0.25) is 47.3 Å². The minimum absolute atomic E-state index is 0.0614. The second kappa shape index (κ2) is 28.0. The number of hydrogen-bond donors (Lipinski definition) is 11. The average Bonchev–Trinajstić information content (AvgIpc) is 3.77. The van der Waals surface area contributed by atoms with Gasteiger partial charge in [0.1, 0.15) is 36.0 Å². The Morgan fingerprint density at radius 3 is 1.90 bits per heavy atom. The van der Waals surface area contributed by atoms with Gasteiger partial charge in [-0.15, -0.1) is 0 Å². The molecule has 0 aliphatic rings. The van der Waals surface area contributed by atoms with Gasteiger partial charge in [-0.05, 0) is 60.6 Å². The number of hydrogen-bond acceptors (Lipinski definition) is 15. The molecule has 27 heteroatoms. The number of rotatable bonds is 29. The van der Waals surface area contributed by atoms with Gasteiger partial charge in [0.15, 0.2) is 0 Å². The van der Waals surface area contributed by atoms with E-state index in [0.29, 0.717) is 32.5 Å². The molecular formula is C50H63N9O17S. The van der Waals surface area contributed by atoms with E-state index in [2.05, 4.69) is 30.4 Å². The Balaban J connectivity index is 1.65. The number of amides is 8. The smallest absolute Gasteiger partial charge is 0.446 e. The van der Waals surface area contributed by atoms with Crippen LogP contribution in [-0.4, -0.2) is 158 Å². The number of nitrogens with two attached hydrogens (primary N) is 2. The number of aliphatic hydroxyl groups is 1. The molecule has 0 aliphatic carbocycles. The molecule has 1 heterocycles. The Labute approximate surface area is 442 Å². The van der Waals surface area contributed by atoms with E-state index in [1.54, 1.807) is 68.4 Å². The maximum Gasteiger partial charge on any atom is 0.446 e. The van der Waals surface area contributed by atoms with Crippen LogP contribution in [0, 0.1) is 5.92 Å². The Morgan fingerprint density at radius 2 is 1.31 bits per heavy atom. The van der Waals surface area contributed by atoms with E-state index in [9.17, 15) is 71.7 Å². The van der Waals surface area contributed by atoms with Gasteiger partial charge >= 0.3 is 22.3 Å². The van der Waals surface area contributed by atoms with Crippen molar-refractivity contribution in [3.63, 3.8) is 0 Å². The first-order chi connectivity index (χ1) is 36.1. The van der Waals surface area contributed by atoms with Crippen LogP contribution >= 0.6 is 0 Å². The highest BCUT2D eigenvalue weighted by atomic mass is 32.3. The Morgan fingerprint density at radius 1 is 0.701 bits per heavy atom. The van der Waals surface area contributed by atoms with Crippen molar-refractivity contribution >= 4 is 80.5 Å². The van der Waals surface area contributed by atoms with Gasteiger partial charge in [-0.3, -0.25) is 57.4 Å². The number of aliphatic hydroxyl groups excluding tert-OH is 1. The number of benzene rings is 3. The van der Waals surface area contributed by atoms with E-state index in [4.69, 9.17) is 16.0 Å². The number of H-pyrrole nitrogens is 1. The molecule has 0 saturated carbocycles. The number of carbonyl (C=O) groups is 10. The summed E-state index contributed by atoms with van der Waals surface area (Å²) in [4.78, 5) is 139. The zero-order valence-corrected chi connectivity index (χ0v) is 43.2. The molecule has 0 saturated heterocycles. The summed E-state index contributed by atoms with van der Waals surface area (Å²) in [5, 5.41) is 39.9. The van der Waals surface area contributed by atoms with Gasteiger partial charge in [0.05, 0.1) is 31.5 Å². The molecule has 1 aromatic heterocycles. The summed E-state index contributed by atoms with van der Waals surface area (Å²) in [5.41, 5.74) is 13.7. The van der Waals surface area contributed by atoms with Crippen LogP contribution in [0.1, 0.15) is 63.1 Å². The molecule has 0 unspecified atom stereocenters. The van der Waals surface area contributed by atoms with Crippen molar-refractivity contribution in [1.29, 1.82) is 0 Å². The van der Waals surface area contributed by atoms with Crippen molar-refractivity contribution in [1.82, 2.24) is 36.1 Å². The summed E-state index contributed by atoms with van der Waals surface area (Å²) in [6.45, 7) is 3.36. The van der Waals surface area contributed by atoms with Gasteiger partial charge < -0.3 is 62.1 Å². The number of nitrogens with zero attached hydrogens (tertiary/aromatic N) is 2. The zero-order valence-electron chi connectivity index (χ0n) is 42.4. The van der Waals surface area contributed by atoms with E-state index < -0.39 is 150 Å². The number of aliphatic carboxylic acids is 2. The number of aromatic nitrogens is 1. The van der Waals surface area contributed by atoms with Crippen LogP contribution < -0.4 is 36.9 Å². The van der Waals surface area contributed by atoms with Crippen LogP contribution in [0.5, 0.6) is 5.75 Å². The molecule has 8 amide bonds. The third kappa shape index (κ3) is 18.8. The standard InChI is InChI=1S/C50H63N9O17S/c1-27(2)20-36(47(69)56-37(24-43(65)66)50(72)58(4)38(45(52)67)22-29-10-6-5-7-11-29)55-48(70)39(23-31-25-53-35-13-9-8-12-33(31)35)59(40(61)18-19-42(63)64)41(62)26-54-49(71)44(28(3)60)57-46(68)34(51)21-30-14-16-32(17-15-30)76-77(73,74)75/h5-17,25,27-28,34,36-39,44,53,60H,18-24,26,51H2,1-4H3,(H2,52,67)(H,54,71)(H,55,70)(H,56,69)(H,57,68)(H,63,64)(H,65,66)(H,73,74,75)/t28-,34+,36+,37+,38+,39+,44+/m1/s1. The summed E-state index contributed by atoms with van der Waals surface area (Å²) in [5.74, 6) is -12.5. The molecule has 0 spiro atoms. The van der Waals surface area contributed by atoms with Crippen LogP contribution in [0.4, 0.5) is 0 Å². The number of nitrogens with one attached hydrogen (secondary N) is 5.